The van der Waals surface area contributed by atoms with Crippen LogP contribution in [0.2, 0.25) is 0 Å². The largest absolute Gasteiger partial charge is 0.290 e. The minimum Gasteiger partial charge on any atom is -0.290 e. The molecule has 0 amide bonds. The van der Waals surface area contributed by atoms with E-state index in [9.17, 15) is 28.8 Å². The molecule has 36 heavy (non-hydrogen) atoms. The Morgan fingerprint density at radius 2 is 0.778 bits per heavy atom. The molecular formula is C30H24O6. The molecule has 0 N–H and O–H groups in total. The molecule has 0 aromatic carbocycles. The van der Waals surface area contributed by atoms with Crippen LogP contribution in [0.4, 0.5) is 0 Å². The van der Waals surface area contributed by atoms with E-state index < -0.39 is 39.7 Å². The van der Waals surface area contributed by atoms with E-state index in [0.717, 1.165) is 24.3 Å². The highest BCUT2D eigenvalue weighted by Crippen LogP contribution is 2.32. The normalized spacial score (nSPS) is 18.6. The SMILES string of the molecule is CC(C)(C)C1=CC(=O)C(C#CC#CC2=CC(=O)C(C3=CC(=O)C(C(C)(C)C)=CC3=O)=CC2=O)=CC1=O. The first kappa shape index (κ1) is 26.2. The molecule has 0 unspecified atom stereocenters. The van der Waals surface area contributed by atoms with E-state index in [-0.39, 0.29) is 28.1 Å². The van der Waals surface area contributed by atoms with Gasteiger partial charge in [-0.25, -0.2) is 0 Å². The minimum absolute atomic E-state index is 0.0143. The zero-order valence-corrected chi connectivity index (χ0v) is 20.9. The van der Waals surface area contributed by atoms with E-state index in [0.29, 0.717) is 11.1 Å². The summed E-state index contributed by atoms with van der Waals surface area (Å²) in [6, 6.07) is 0. The number of carbonyl (C=O) groups excluding carboxylic acids is 6. The molecule has 0 spiro atoms. The minimum atomic E-state index is -0.637. The molecule has 6 nitrogen and oxygen atoms in total. The summed E-state index contributed by atoms with van der Waals surface area (Å²) in [5.41, 5.74) is -0.774. The van der Waals surface area contributed by atoms with Crippen LogP contribution in [0.15, 0.2) is 69.9 Å². The molecule has 0 saturated carbocycles. The summed E-state index contributed by atoms with van der Waals surface area (Å²) in [6.07, 6.45) is 6.70. The van der Waals surface area contributed by atoms with Crippen LogP contribution < -0.4 is 0 Å². The highest BCUT2D eigenvalue weighted by molar-refractivity contribution is 6.31. The summed E-state index contributed by atoms with van der Waals surface area (Å²) < 4.78 is 0. The molecule has 0 bridgehead atoms. The Kier molecular flexibility index (Phi) is 6.78. The number of carbonyl (C=O) groups is 6. The van der Waals surface area contributed by atoms with Crippen LogP contribution in [0.3, 0.4) is 0 Å². The van der Waals surface area contributed by atoms with Gasteiger partial charge in [-0.1, -0.05) is 41.5 Å². The molecule has 3 aliphatic rings. The number of hydrogen-bond acceptors (Lipinski definition) is 6. The Bertz CT molecular complexity index is 1470. The van der Waals surface area contributed by atoms with Crippen molar-refractivity contribution in [2.45, 2.75) is 41.5 Å². The van der Waals surface area contributed by atoms with E-state index >= 15 is 0 Å². The van der Waals surface area contributed by atoms with E-state index in [1.165, 1.54) is 12.2 Å². The summed E-state index contributed by atoms with van der Waals surface area (Å²) in [5.74, 6) is 6.94. The second-order valence-electron chi connectivity index (χ2n) is 10.5. The lowest BCUT2D eigenvalue weighted by Crippen LogP contribution is -2.25. The molecule has 0 aromatic rings. The van der Waals surface area contributed by atoms with Gasteiger partial charge >= 0.3 is 0 Å². The topological polar surface area (TPSA) is 102 Å². The fourth-order valence-corrected chi connectivity index (χ4v) is 3.67. The van der Waals surface area contributed by atoms with E-state index in [1.54, 1.807) is 20.8 Å². The molecule has 6 heteroatoms. The highest BCUT2D eigenvalue weighted by atomic mass is 16.2. The molecule has 180 valence electrons. The fourth-order valence-electron chi connectivity index (χ4n) is 3.67. The predicted octanol–water partition coefficient (Wildman–Crippen LogP) is 3.10. The molecule has 0 heterocycles. The first-order chi connectivity index (χ1) is 16.6. The van der Waals surface area contributed by atoms with Gasteiger partial charge in [-0.15, -0.1) is 0 Å². The monoisotopic (exact) mass is 480 g/mol. The van der Waals surface area contributed by atoms with Crippen molar-refractivity contribution in [1.29, 1.82) is 0 Å². The summed E-state index contributed by atoms with van der Waals surface area (Å²) in [6.45, 7) is 10.9. The van der Waals surface area contributed by atoms with Crippen LogP contribution in [0, 0.1) is 34.5 Å². The number of hydrogen-bond donors (Lipinski definition) is 0. The molecule has 0 aliphatic heterocycles. The third-order valence-electron chi connectivity index (χ3n) is 5.61. The van der Waals surface area contributed by atoms with Gasteiger partial charge in [0.25, 0.3) is 0 Å². The average molecular weight is 481 g/mol. The van der Waals surface area contributed by atoms with Gasteiger partial charge in [0.2, 0.25) is 0 Å². The van der Waals surface area contributed by atoms with Crippen LogP contribution in [0.5, 0.6) is 0 Å². The van der Waals surface area contributed by atoms with Crippen LogP contribution in [0.25, 0.3) is 0 Å². The Hall–Kier alpha value is -4.42. The third kappa shape index (κ3) is 5.45. The van der Waals surface area contributed by atoms with Gasteiger partial charge in [-0.05, 0) is 58.8 Å². The van der Waals surface area contributed by atoms with Crippen LogP contribution in [-0.4, -0.2) is 34.7 Å². The molecule has 0 saturated heterocycles. The van der Waals surface area contributed by atoms with Crippen LogP contribution in [0.1, 0.15) is 41.5 Å². The van der Waals surface area contributed by atoms with Crippen molar-refractivity contribution >= 4 is 34.7 Å². The number of rotatable bonds is 1. The first-order valence-corrected chi connectivity index (χ1v) is 11.2. The molecule has 0 aromatic heterocycles. The van der Waals surface area contributed by atoms with Crippen molar-refractivity contribution in [2.75, 3.05) is 0 Å². The Morgan fingerprint density at radius 3 is 1.25 bits per heavy atom. The Balaban J connectivity index is 1.78. The summed E-state index contributed by atoms with van der Waals surface area (Å²) in [7, 11) is 0. The maximum Gasteiger partial charge on any atom is 0.195 e. The maximum absolute atomic E-state index is 12.6. The standard InChI is InChI=1S/C30H24O6/c1-29(2,3)21-15-24(32)18(12-27(21)35)10-8-7-9-17-11-25(33)19(13-23(17)31)20-14-28(36)22(16-26(20)34)30(4,5)6/h11-16H,1-6H3. The van der Waals surface area contributed by atoms with Gasteiger partial charge in [0.1, 0.15) is 0 Å². The van der Waals surface area contributed by atoms with Crippen molar-refractivity contribution in [1.82, 2.24) is 0 Å². The van der Waals surface area contributed by atoms with Crippen molar-refractivity contribution < 1.29 is 28.8 Å². The second-order valence-corrected chi connectivity index (χ2v) is 10.5. The zero-order chi connectivity index (χ0) is 27.0. The highest BCUT2D eigenvalue weighted by Gasteiger charge is 2.32. The van der Waals surface area contributed by atoms with Gasteiger partial charge in [0, 0.05) is 34.4 Å². The summed E-state index contributed by atoms with van der Waals surface area (Å²) >= 11 is 0. The van der Waals surface area contributed by atoms with Crippen molar-refractivity contribution in [3.63, 3.8) is 0 Å². The fraction of sp³-hybridized carbons (Fsp3) is 0.267. The predicted molar refractivity (Wildman–Crippen MR) is 133 cm³/mol. The van der Waals surface area contributed by atoms with Crippen LogP contribution >= 0.6 is 0 Å². The van der Waals surface area contributed by atoms with Gasteiger partial charge < -0.3 is 0 Å². The molecule has 3 aliphatic carbocycles. The number of ketones is 6. The van der Waals surface area contributed by atoms with Gasteiger partial charge in [0.15, 0.2) is 34.7 Å². The van der Waals surface area contributed by atoms with Gasteiger partial charge in [-0.3, -0.25) is 28.8 Å². The lowest BCUT2D eigenvalue weighted by Gasteiger charge is -2.24. The van der Waals surface area contributed by atoms with Gasteiger partial charge in [-0.2, -0.15) is 0 Å². The molecule has 0 fully saturated rings. The van der Waals surface area contributed by atoms with E-state index in [1.807, 2.05) is 20.8 Å². The Morgan fingerprint density at radius 1 is 0.444 bits per heavy atom. The van der Waals surface area contributed by atoms with Crippen molar-refractivity contribution in [3.8, 4) is 23.7 Å². The van der Waals surface area contributed by atoms with Crippen molar-refractivity contribution in [3.05, 3.63) is 69.9 Å². The summed E-state index contributed by atoms with van der Waals surface area (Å²) in [4.78, 5) is 74.8. The van der Waals surface area contributed by atoms with Crippen LogP contribution in [-0.2, 0) is 28.8 Å². The lowest BCUT2D eigenvalue weighted by atomic mass is 9.78. The quantitative estimate of drug-likeness (QED) is 0.422. The first-order valence-electron chi connectivity index (χ1n) is 11.2. The maximum atomic E-state index is 12.6. The summed E-state index contributed by atoms with van der Waals surface area (Å²) in [5, 5.41) is 0. The molecular weight excluding hydrogens is 456 g/mol. The van der Waals surface area contributed by atoms with E-state index in [2.05, 4.69) is 23.7 Å². The number of allylic oxidation sites excluding steroid dienone is 12. The van der Waals surface area contributed by atoms with E-state index in [4.69, 9.17) is 0 Å². The molecule has 3 rings (SSSR count). The van der Waals surface area contributed by atoms with Crippen molar-refractivity contribution in [2.24, 2.45) is 10.8 Å². The second kappa shape index (κ2) is 9.32. The average Bonchev–Trinajstić information content (AvgIpc) is 2.75. The lowest BCUT2D eigenvalue weighted by molar-refractivity contribution is -0.116. The zero-order valence-electron chi connectivity index (χ0n) is 20.9. The van der Waals surface area contributed by atoms with Gasteiger partial charge in [0.05, 0.1) is 11.1 Å². The smallest absolute Gasteiger partial charge is 0.195 e. The molecule has 0 atom stereocenters. The molecule has 0 radical (unpaired) electrons. The third-order valence-corrected chi connectivity index (χ3v) is 5.61. The Labute approximate surface area is 209 Å².